The van der Waals surface area contributed by atoms with Crippen molar-refractivity contribution in [3.05, 3.63) is 62.9 Å². The predicted octanol–water partition coefficient (Wildman–Crippen LogP) is 2.45. The van der Waals surface area contributed by atoms with Crippen molar-refractivity contribution in [3.63, 3.8) is 0 Å². The van der Waals surface area contributed by atoms with Crippen molar-refractivity contribution in [3.8, 4) is 5.75 Å². The molecule has 4 aromatic carbocycles. The third kappa shape index (κ3) is 1.12. The summed E-state index contributed by atoms with van der Waals surface area (Å²) in [5.41, 5.74) is -1.46. The van der Waals surface area contributed by atoms with Gasteiger partial charge in [0.25, 0.3) is 5.43 Å². The number of phenols is 1. The van der Waals surface area contributed by atoms with E-state index >= 15 is 0 Å². The van der Waals surface area contributed by atoms with Gasteiger partial charge in [0.15, 0.2) is 5.75 Å². The summed E-state index contributed by atoms with van der Waals surface area (Å²) in [6, 6.07) is 12.9. The lowest BCUT2D eigenvalue weighted by Crippen LogP contribution is -2.23. The van der Waals surface area contributed by atoms with Crippen molar-refractivity contribution in [1.82, 2.24) is 0 Å². The Morgan fingerprint density at radius 1 is 0.684 bits per heavy atom. The molecule has 0 heterocycles. The molecule has 1 N–H and O–H groups in total. The third-order valence-corrected chi connectivity index (χ3v) is 3.70. The van der Waals surface area contributed by atoms with Crippen molar-refractivity contribution in [2.75, 3.05) is 0 Å². The molecule has 0 unspecified atom stereocenters. The van der Waals surface area contributed by atoms with Gasteiger partial charge < -0.3 is 5.11 Å². The molecule has 0 atom stereocenters. The fraction of sp³-hybridized carbons (Fsp3) is 0. The molecule has 90 valence electrons. The van der Waals surface area contributed by atoms with E-state index in [1.54, 1.807) is 12.1 Å². The maximum atomic E-state index is 12.0. The molecule has 0 aliphatic rings. The molecule has 0 aromatic heterocycles. The molecule has 4 rings (SSSR count). The van der Waals surface area contributed by atoms with Gasteiger partial charge in [0, 0.05) is 16.2 Å². The van der Waals surface area contributed by atoms with E-state index in [4.69, 9.17) is 0 Å². The van der Waals surface area contributed by atoms with Gasteiger partial charge in [-0.1, -0.05) is 30.3 Å². The highest BCUT2D eigenvalue weighted by Gasteiger charge is 2.16. The van der Waals surface area contributed by atoms with Crippen LogP contribution in [0.3, 0.4) is 0 Å². The molecular formula is C16H8O3. The third-order valence-electron chi connectivity index (χ3n) is 3.70. The normalized spacial score (nSPS) is 11.8. The smallest absolute Gasteiger partial charge is 0.268 e. The Labute approximate surface area is 107 Å². The van der Waals surface area contributed by atoms with Gasteiger partial charge in [0.05, 0.1) is 0 Å². The Balaban J connectivity index is 2.55. The fourth-order valence-electron chi connectivity index (χ4n) is 2.82. The molecule has 0 aliphatic heterocycles. The molecule has 3 heteroatoms. The van der Waals surface area contributed by atoms with E-state index < -0.39 is 16.6 Å². The average molecular weight is 248 g/mol. The summed E-state index contributed by atoms with van der Waals surface area (Å²) in [5, 5.41) is 14.3. The Kier molecular flexibility index (Phi) is 1.73. The summed E-state index contributed by atoms with van der Waals surface area (Å²) in [6.45, 7) is 0. The lowest BCUT2D eigenvalue weighted by molar-refractivity contribution is 0.476. The van der Waals surface area contributed by atoms with Gasteiger partial charge in [0.1, 0.15) is 0 Å². The minimum absolute atomic E-state index is 0.377. The van der Waals surface area contributed by atoms with Gasteiger partial charge in [-0.3, -0.25) is 9.59 Å². The maximum absolute atomic E-state index is 12.0. The van der Waals surface area contributed by atoms with Crippen LogP contribution in [0.1, 0.15) is 0 Å². The first-order valence-corrected chi connectivity index (χ1v) is 5.95. The van der Waals surface area contributed by atoms with Gasteiger partial charge in [-0.2, -0.15) is 0 Å². The molecule has 0 aliphatic carbocycles. The van der Waals surface area contributed by atoms with E-state index in [0.29, 0.717) is 16.2 Å². The van der Waals surface area contributed by atoms with E-state index in [1.807, 2.05) is 30.3 Å². The summed E-state index contributed by atoms with van der Waals surface area (Å²) >= 11 is 0. The van der Waals surface area contributed by atoms with Crippen LogP contribution in [-0.4, -0.2) is 5.11 Å². The number of hydrogen-bond donors (Lipinski definition) is 1. The van der Waals surface area contributed by atoms with Crippen LogP contribution in [-0.2, 0) is 0 Å². The van der Waals surface area contributed by atoms with Crippen molar-refractivity contribution >= 4 is 32.3 Å². The van der Waals surface area contributed by atoms with Gasteiger partial charge in [-0.25, -0.2) is 0 Å². The van der Waals surface area contributed by atoms with E-state index in [-0.39, 0.29) is 0 Å². The van der Waals surface area contributed by atoms with Crippen molar-refractivity contribution in [2.45, 2.75) is 0 Å². The molecule has 0 bridgehead atoms. The molecule has 0 fully saturated rings. The summed E-state index contributed by atoms with van der Waals surface area (Å²) in [4.78, 5) is 23.7. The minimum Gasteiger partial charge on any atom is -0.504 e. The first-order chi connectivity index (χ1) is 9.18. The van der Waals surface area contributed by atoms with Crippen LogP contribution in [0.15, 0.2) is 52.1 Å². The quantitative estimate of drug-likeness (QED) is 0.384. The molecular weight excluding hydrogens is 240 g/mol. The van der Waals surface area contributed by atoms with Crippen LogP contribution < -0.4 is 10.9 Å². The highest BCUT2D eigenvalue weighted by Crippen LogP contribution is 2.34. The van der Waals surface area contributed by atoms with E-state index in [0.717, 1.165) is 16.2 Å². The lowest BCUT2D eigenvalue weighted by Gasteiger charge is -2.10. The van der Waals surface area contributed by atoms with Crippen LogP contribution >= 0.6 is 0 Å². The van der Waals surface area contributed by atoms with Crippen LogP contribution in [0.2, 0.25) is 0 Å². The Bertz CT molecular complexity index is 1030. The molecule has 0 radical (unpaired) electrons. The van der Waals surface area contributed by atoms with Crippen molar-refractivity contribution < 1.29 is 5.11 Å². The molecule has 0 saturated carbocycles. The molecule has 0 spiro atoms. The van der Waals surface area contributed by atoms with Gasteiger partial charge in [-0.15, -0.1) is 0 Å². The van der Waals surface area contributed by atoms with Crippen LogP contribution in [0.4, 0.5) is 0 Å². The first kappa shape index (κ1) is 10.3. The predicted molar refractivity (Wildman–Crippen MR) is 75.5 cm³/mol. The summed E-state index contributed by atoms with van der Waals surface area (Å²) < 4.78 is 0. The molecule has 19 heavy (non-hydrogen) atoms. The summed E-state index contributed by atoms with van der Waals surface area (Å²) in [7, 11) is 0. The number of rotatable bonds is 0. The second-order valence-corrected chi connectivity index (χ2v) is 4.69. The Hall–Kier alpha value is -2.68. The van der Waals surface area contributed by atoms with Crippen molar-refractivity contribution in [1.29, 1.82) is 0 Å². The van der Waals surface area contributed by atoms with Crippen LogP contribution in [0, 0.1) is 0 Å². The van der Waals surface area contributed by atoms with Crippen LogP contribution in [0.5, 0.6) is 5.75 Å². The monoisotopic (exact) mass is 248 g/mol. The van der Waals surface area contributed by atoms with E-state index in [9.17, 15) is 14.7 Å². The zero-order chi connectivity index (χ0) is 13.1. The molecule has 0 amide bonds. The largest absolute Gasteiger partial charge is 0.504 e. The second kappa shape index (κ2) is 3.20. The average Bonchev–Trinajstić information content (AvgIpc) is 2.45. The SMILES string of the molecule is O=c1c(O)c2ccc3cccc4ccc(c1=O)c2c34. The van der Waals surface area contributed by atoms with Gasteiger partial charge in [0.2, 0.25) is 5.43 Å². The highest BCUT2D eigenvalue weighted by atomic mass is 16.3. The highest BCUT2D eigenvalue weighted by molar-refractivity contribution is 6.23. The summed E-state index contributed by atoms with van der Waals surface area (Å²) in [6.07, 6.45) is 0. The zero-order valence-corrected chi connectivity index (χ0v) is 9.81. The molecule has 4 aromatic rings. The Morgan fingerprint density at radius 2 is 1.32 bits per heavy atom. The number of phenolic OH excluding ortho intramolecular Hbond substituents is 1. The first-order valence-electron chi connectivity index (χ1n) is 5.95. The maximum Gasteiger partial charge on any atom is 0.268 e. The lowest BCUT2D eigenvalue weighted by atomic mass is 9.93. The topological polar surface area (TPSA) is 54.4 Å². The van der Waals surface area contributed by atoms with Gasteiger partial charge in [-0.05, 0) is 28.3 Å². The van der Waals surface area contributed by atoms with Crippen molar-refractivity contribution in [2.24, 2.45) is 0 Å². The van der Waals surface area contributed by atoms with E-state index in [1.165, 1.54) is 0 Å². The minimum atomic E-state index is -0.828. The number of hydrogen-bond acceptors (Lipinski definition) is 3. The Morgan fingerprint density at radius 3 is 2.00 bits per heavy atom. The van der Waals surface area contributed by atoms with E-state index in [2.05, 4.69) is 0 Å². The zero-order valence-electron chi connectivity index (χ0n) is 9.81. The number of benzene rings is 4. The molecule has 3 nitrogen and oxygen atoms in total. The number of aromatic hydroxyl groups is 1. The summed E-state index contributed by atoms with van der Waals surface area (Å²) in [5.74, 6) is -0.448. The standard InChI is InChI=1S/C16H8O3/c17-14-10-6-4-8-2-1-3-9-5-7-11(13(10)12(8)9)15(18)16(14)19/h1-7,17H. The van der Waals surface area contributed by atoms with Gasteiger partial charge >= 0.3 is 0 Å². The second-order valence-electron chi connectivity index (χ2n) is 4.69. The van der Waals surface area contributed by atoms with Crippen LogP contribution in [0.25, 0.3) is 32.3 Å². The molecule has 0 saturated heterocycles. The fourth-order valence-corrected chi connectivity index (χ4v) is 2.82.